The molecule has 2 saturated heterocycles. The van der Waals surface area contributed by atoms with Crippen LogP contribution in [0.3, 0.4) is 0 Å². The first kappa shape index (κ1) is 20.4. The minimum absolute atomic E-state index is 0.349. The first-order valence-corrected chi connectivity index (χ1v) is 11.4. The quantitative estimate of drug-likeness (QED) is 0.759. The van der Waals surface area contributed by atoms with Gasteiger partial charge in [0.25, 0.3) is 0 Å². The Kier molecular flexibility index (Phi) is 6.53. The van der Waals surface area contributed by atoms with E-state index in [9.17, 15) is 4.79 Å². The molecule has 3 fully saturated rings. The van der Waals surface area contributed by atoms with E-state index in [1.165, 1.54) is 12.8 Å². The maximum absolute atomic E-state index is 12.6. The number of aromatic nitrogens is 2. The van der Waals surface area contributed by atoms with Crippen LogP contribution < -0.4 is 10.2 Å². The normalized spacial score (nSPS) is 21.6. The van der Waals surface area contributed by atoms with Gasteiger partial charge in [-0.15, -0.1) is 0 Å². The van der Waals surface area contributed by atoms with Crippen molar-refractivity contribution in [2.24, 2.45) is 5.92 Å². The van der Waals surface area contributed by atoms with E-state index in [-0.39, 0.29) is 0 Å². The lowest BCUT2D eigenvalue weighted by Gasteiger charge is -2.37. The van der Waals surface area contributed by atoms with Crippen LogP contribution in [-0.2, 0) is 4.79 Å². The van der Waals surface area contributed by atoms with Gasteiger partial charge in [0, 0.05) is 63.8 Å². The van der Waals surface area contributed by atoms with Crippen molar-refractivity contribution in [3.8, 4) is 0 Å². The standard InChI is InChI=1S/C22H36N6O/c1-17(2)26-11-13-28(14-12-26)22(29)6-3-18-7-9-27(10-8-18)21-15-20(23-16-24-21)25-19-4-5-19/h15-19H,3-14H2,1-2H3,(H,23,24,25). The Morgan fingerprint density at radius 2 is 1.79 bits per heavy atom. The number of carbonyl (C=O) groups excluding carboxylic acids is 1. The van der Waals surface area contributed by atoms with E-state index in [1.54, 1.807) is 6.33 Å². The van der Waals surface area contributed by atoms with E-state index in [1.807, 2.05) is 0 Å². The fraction of sp³-hybridized carbons (Fsp3) is 0.773. The van der Waals surface area contributed by atoms with E-state index in [2.05, 4.69) is 49.9 Å². The summed E-state index contributed by atoms with van der Waals surface area (Å²) in [7, 11) is 0. The van der Waals surface area contributed by atoms with Crippen LogP contribution in [0.4, 0.5) is 11.6 Å². The molecular weight excluding hydrogens is 364 g/mol. The molecule has 0 unspecified atom stereocenters. The summed E-state index contributed by atoms with van der Waals surface area (Å²) in [6, 6.07) is 3.26. The SMILES string of the molecule is CC(C)N1CCN(C(=O)CCC2CCN(c3cc(NC4CC4)ncn3)CC2)CC1. The average Bonchev–Trinajstić information content (AvgIpc) is 3.56. The number of nitrogens with one attached hydrogen (secondary N) is 1. The molecule has 7 nitrogen and oxygen atoms in total. The third-order valence-corrected chi connectivity index (χ3v) is 6.68. The smallest absolute Gasteiger partial charge is 0.222 e. The molecule has 29 heavy (non-hydrogen) atoms. The second-order valence-electron chi connectivity index (χ2n) is 9.16. The molecule has 0 spiro atoms. The number of hydrogen-bond acceptors (Lipinski definition) is 6. The van der Waals surface area contributed by atoms with Crippen molar-refractivity contribution in [1.82, 2.24) is 19.8 Å². The molecule has 7 heteroatoms. The lowest BCUT2D eigenvalue weighted by molar-refractivity contribution is -0.133. The topological polar surface area (TPSA) is 64.6 Å². The maximum Gasteiger partial charge on any atom is 0.222 e. The number of anilines is 2. The summed E-state index contributed by atoms with van der Waals surface area (Å²) in [6.07, 6.45) is 8.18. The van der Waals surface area contributed by atoms with Gasteiger partial charge in [-0.05, 0) is 51.9 Å². The highest BCUT2D eigenvalue weighted by molar-refractivity contribution is 5.76. The third kappa shape index (κ3) is 5.59. The molecule has 1 aromatic rings. The number of piperidine rings is 1. The molecule has 0 atom stereocenters. The van der Waals surface area contributed by atoms with E-state index in [0.29, 0.717) is 30.3 Å². The summed E-state index contributed by atoms with van der Waals surface area (Å²) in [5.74, 6) is 2.98. The zero-order valence-electron chi connectivity index (χ0n) is 18.0. The number of rotatable bonds is 7. The predicted molar refractivity (Wildman–Crippen MR) is 116 cm³/mol. The van der Waals surface area contributed by atoms with Gasteiger partial charge in [0.2, 0.25) is 5.91 Å². The van der Waals surface area contributed by atoms with Gasteiger partial charge in [-0.2, -0.15) is 0 Å². The van der Waals surface area contributed by atoms with Crippen molar-refractivity contribution in [2.45, 2.75) is 64.5 Å². The van der Waals surface area contributed by atoms with Gasteiger partial charge < -0.3 is 15.1 Å². The van der Waals surface area contributed by atoms with Crippen molar-refractivity contribution >= 4 is 17.5 Å². The van der Waals surface area contributed by atoms with Crippen LogP contribution in [0, 0.1) is 5.92 Å². The lowest BCUT2D eigenvalue weighted by Crippen LogP contribution is -2.50. The highest BCUT2D eigenvalue weighted by Gasteiger charge is 2.26. The van der Waals surface area contributed by atoms with E-state index < -0.39 is 0 Å². The fourth-order valence-electron chi connectivity index (χ4n) is 4.46. The van der Waals surface area contributed by atoms with Gasteiger partial charge in [0.1, 0.15) is 18.0 Å². The predicted octanol–water partition coefficient (Wildman–Crippen LogP) is 2.60. The van der Waals surface area contributed by atoms with Crippen molar-refractivity contribution in [3.05, 3.63) is 12.4 Å². The highest BCUT2D eigenvalue weighted by atomic mass is 16.2. The van der Waals surface area contributed by atoms with Gasteiger partial charge >= 0.3 is 0 Å². The van der Waals surface area contributed by atoms with Crippen molar-refractivity contribution < 1.29 is 4.79 Å². The number of nitrogens with zero attached hydrogens (tertiary/aromatic N) is 5. The van der Waals surface area contributed by atoms with E-state index >= 15 is 0 Å². The zero-order valence-corrected chi connectivity index (χ0v) is 18.0. The van der Waals surface area contributed by atoms with Crippen LogP contribution in [0.1, 0.15) is 52.4 Å². The van der Waals surface area contributed by atoms with Gasteiger partial charge in [-0.25, -0.2) is 9.97 Å². The molecule has 3 aliphatic rings. The van der Waals surface area contributed by atoms with Crippen LogP contribution >= 0.6 is 0 Å². The van der Waals surface area contributed by atoms with Crippen LogP contribution in [0.2, 0.25) is 0 Å². The Hall–Kier alpha value is -1.89. The number of carbonyl (C=O) groups is 1. The monoisotopic (exact) mass is 400 g/mol. The summed E-state index contributed by atoms with van der Waals surface area (Å²) in [5.41, 5.74) is 0. The van der Waals surface area contributed by atoms with Crippen LogP contribution in [0.5, 0.6) is 0 Å². The summed E-state index contributed by atoms with van der Waals surface area (Å²) < 4.78 is 0. The highest BCUT2D eigenvalue weighted by Crippen LogP contribution is 2.28. The van der Waals surface area contributed by atoms with Crippen LogP contribution in [-0.4, -0.2) is 77.0 Å². The van der Waals surface area contributed by atoms with Gasteiger partial charge in [-0.3, -0.25) is 9.69 Å². The summed E-state index contributed by atoms with van der Waals surface area (Å²) in [5, 5.41) is 3.45. The minimum atomic E-state index is 0.349. The molecule has 1 aromatic heterocycles. The largest absolute Gasteiger partial charge is 0.367 e. The Morgan fingerprint density at radius 1 is 1.07 bits per heavy atom. The fourth-order valence-corrected chi connectivity index (χ4v) is 4.46. The lowest BCUT2D eigenvalue weighted by atomic mass is 9.92. The van der Waals surface area contributed by atoms with Crippen LogP contribution in [0.15, 0.2) is 12.4 Å². The summed E-state index contributed by atoms with van der Waals surface area (Å²) in [4.78, 5) is 28.3. The number of amides is 1. The number of hydrogen-bond donors (Lipinski definition) is 1. The Bertz CT molecular complexity index is 676. The molecule has 0 bridgehead atoms. The van der Waals surface area contributed by atoms with E-state index in [4.69, 9.17) is 0 Å². The molecule has 0 aromatic carbocycles. The maximum atomic E-state index is 12.6. The zero-order chi connectivity index (χ0) is 20.2. The molecule has 1 amide bonds. The molecule has 2 aliphatic heterocycles. The van der Waals surface area contributed by atoms with Gasteiger partial charge in [0.15, 0.2) is 0 Å². The molecule has 160 valence electrons. The summed E-state index contributed by atoms with van der Waals surface area (Å²) >= 11 is 0. The van der Waals surface area contributed by atoms with E-state index in [0.717, 1.165) is 70.2 Å². The summed E-state index contributed by atoms with van der Waals surface area (Å²) in [6.45, 7) is 10.3. The number of piperazine rings is 1. The van der Waals surface area contributed by atoms with Crippen molar-refractivity contribution in [2.75, 3.05) is 49.5 Å². The second kappa shape index (κ2) is 9.28. The van der Waals surface area contributed by atoms with Crippen molar-refractivity contribution in [1.29, 1.82) is 0 Å². The van der Waals surface area contributed by atoms with Crippen molar-refractivity contribution in [3.63, 3.8) is 0 Å². The molecule has 1 N–H and O–H groups in total. The molecule has 1 aliphatic carbocycles. The second-order valence-corrected chi connectivity index (χ2v) is 9.16. The first-order chi connectivity index (χ1) is 14.1. The van der Waals surface area contributed by atoms with Crippen LogP contribution in [0.25, 0.3) is 0 Å². The molecule has 1 saturated carbocycles. The molecule has 0 radical (unpaired) electrons. The molecule has 3 heterocycles. The Morgan fingerprint density at radius 3 is 2.45 bits per heavy atom. The third-order valence-electron chi connectivity index (χ3n) is 6.68. The Balaban J connectivity index is 1.18. The van der Waals surface area contributed by atoms with Gasteiger partial charge in [-0.1, -0.05) is 0 Å². The average molecular weight is 401 g/mol. The first-order valence-electron chi connectivity index (χ1n) is 11.4. The minimum Gasteiger partial charge on any atom is -0.367 e. The Labute approximate surface area is 174 Å². The molecular formula is C22H36N6O. The molecule has 4 rings (SSSR count). The van der Waals surface area contributed by atoms with Gasteiger partial charge in [0.05, 0.1) is 0 Å².